The summed E-state index contributed by atoms with van der Waals surface area (Å²) in [6.45, 7) is 0. The highest BCUT2D eigenvalue weighted by Gasteiger charge is 2.58. The van der Waals surface area contributed by atoms with Crippen molar-refractivity contribution in [1.82, 2.24) is 0 Å². The number of alkyl halides is 5. The topological polar surface area (TPSA) is 37.4 Å². The van der Waals surface area contributed by atoms with E-state index in [1.807, 2.05) is 0 Å². The number of rotatable bonds is 2. The first-order valence-corrected chi connectivity index (χ1v) is 6.67. The van der Waals surface area contributed by atoms with Crippen LogP contribution in [0.25, 0.3) is 0 Å². The quantitative estimate of drug-likeness (QED) is 0.608. The van der Waals surface area contributed by atoms with Crippen molar-refractivity contribution in [3.05, 3.63) is 65.2 Å². The molecule has 3 rings (SSSR count). The Morgan fingerprint density at radius 3 is 1.79 bits per heavy atom. The SMILES string of the molecule is O=C1c2ccccc2C(=O)N1c1cccc(C(F)(F)C(F)(F)F)c1. The van der Waals surface area contributed by atoms with Crippen LogP contribution in [-0.2, 0) is 5.92 Å². The molecule has 0 saturated carbocycles. The molecule has 0 N–H and O–H groups in total. The third-order valence-corrected chi connectivity index (χ3v) is 3.62. The van der Waals surface area contributed by atoms with Gasteiger partial charge in [0.15, 0.2) is 0 Å². The lowest BCUT2D eigenvalue weighted by molar-refractivity contribution is -0.289. The Morgan fingerprint density at radius 2 is 1.29 bits per heavy atom. The van der Waals surface area contributed by atoms with Crippen molar-refractivity contribution in [3.63, 3.8) is 0 Å². The third kappa shape index (κ3) is 2.26. The van der Waals surface area contributed by atoms with Crippen LogP contribution in [0.1, 0.15) is 26.3 Å². The van der Waals surface area contributed by atoms with Gasteiger partial charge in [-0.25, -0.2) is 4.90 Å². The van der Waals surface area contributed by atoms with Crippen molar-refractivity contribution in [3.8, 4) is 0 Å². The number of benzene rings is 2. The van der Waals surface area contributed by atoms with Gasteiger partial charge in [0.05, 0.1) is 16.8 Å². The molecule has 0 unspecified atom stereocenters. The van der Waals surface area contributed by atoms with Gasteiger partial charge in [-0.3, -0.25) is 9.59 Å². The first kappa shape index (κ1) is 16.1. The van der Waals surface area contributed by atoms with Crippen molar-refractivity contribution in [1.29, 1.82) is 0 Å². The molecule has 2 aromatic rings. The van der Waals surface area contributed by atoms with Gasteiger partial charge < -0.3 is 0 Å². The summed E-state index contributed by atoms with van der Waals surface area (Å²) in [5.74, 6) is -6.65. The van der Waals surface area contributed by atoms with Gasteiger partial charge in [-0.15, -0.1) is 0 Å². The Morgan fingerprint density at radius 1 is 0.750 bits per heavy atom. The summed E-state index contributed by atoms with van der Waals surface area (Å²) < 4.78 is 64.4. The number of nitrogens with zero attached hydrogens (tertiary/aromatic N) is 1. The van der Waals surface area contributed by atoms with Crippen molar-refractivity contribution in [2.45, 2.75) is 12.1 Å². The second-order valence-electron chi connectivity index (χ2n) is 5.11. The number of carbonyl (C=O) groups is 2. The van der Waals surface area contributed by atoms with Crippen LogP contribution in [0, 0.1) is 0 Å². The Hall–Kier alpha value is -2.77. The van der Waals surface area contributed by atoms with Crippen LogP contribution >= 0.6 is 0 Å². The molecule has 24 heavy (non-hydrogen) atoms. The van der Waals surface area contributed by atoms with Gasteiger partial charge in [-0.2, -0.15) is 22.0 Å². The molecule has 0 atom stereocenters. The Balaban J connectivity index is 2.06. The summed E-state index contributed by atoms with van der Waals surface area (Å²) in [5.41, 5.74) is -1.56. The lowest BCUT2D eigenvalue weighted by Crippen LogP contribution is -2.34. The van der Waals surface area contributed by atoms with E-state index in [1.165, 1.54) is 24.3 Å². The number of carbonyl (C=O) groups excluding carboxylic acids is 2. The molecule has 8 heteroatoms. The van der Waals surface area contributed by atoms with E-state index in [-0.39, 0.29) is 16.8 Å². The van der Waals surface area contributed by atoms with Gasteiger partial charge in [0.25, 0.3) is 11.8 Å². The molecule has 0 spiro atoms. The maximum atomic E-state index is 13.5. The molecule has 0 bridgehead atoms. The van der Waals surface area contributed by atoms with E-state index in [1.54, 1.807) is 0 Å². The maximum Gasteiger partial charge on any atom is 0.458 e. The van der Waals surface area contributed by atoms with E-state index in [9.17, 15) is 31.5 Å². The monoisotopic (exact) mass is 341 g/mol. The van der Waals surface area contributed by atoms with Gasteiger partial charge in [0.1, 0.15) is 0 Å². The normalized spacial score (nSPS) is 15.0. The van der Waals surface area contributed by atoms with Gasteiger partial charge in [0, 0.05) is 5.56 Å². The van der Waals surface area contributed by atoms with Crippen LogP contribution in [0.4, 0.5) is 27.6 Å². The highest BCUT2D eigenvalue weighted by atomic mass is 19.4. The average molecular weight is 341 g/mol. The first-order chi connectivity index (χ1) is 11.1. The first-order valence-electron chi connectivity index (χ1n) is 6.67. The van der Waals surface area contributed by atoms with E-state index < -0.39 is 29.5 Å². The zero-order valence-electron chi connectivity index (χ0n) is 11.8. The average Bonchev–Trinajstić information content (AvgIpc) is 2.78. The minimum absolute atomic E-state index is 0.0653. The fourth-order valence-electron chi connectivity index (χ4n) is 2.43. The van der Waals surface area contributed by atoms with Crippen molar-refractivity contribution in [2.75, 3.05) is 4.90 Å². The molecular formula is C16H8F5NO2. The molecule has 1 aliphatic heterocycles. The molecule has 3 nitrogen and oxygen atoms in total. The lowest BCUT2D eigenvalue weighted by Gasteiger charge is -2.21. The van der Waals surface area contributed by atoms with Gasteiger partial charge in [-0.05, 0) is 24.3 Å². The number of hydrogen-bond acceptors (Lipinski definition) is 2. The third-order valence-electron chi connectivity index (χ3n) is 3.62. The van der Waals surface area contributed by atoms with Crippen LogP contribution < -0.4 is 4.90 Å². The molecule has 0 aliphatic carbocycles. The van der Waals surface area contributed by atoms with E-state index in [0.717, 1.165) is 12.1 Å². The largest absolute Gasteiger partial charge is 0.458 e. The van der Waals surface area contributed by atoms with Crippen LogP contribution in [0.5, 0.6) is 0 Å². The summed E-state index contributed by atoms with van der Waals surface area (Å²) in [7, 11) is 0. The van der Waals surface area contributed by atoms with Crippen molar-refractivity contribution in [2.24, 2.45) is 0 Å². The van der Waals surface area contributed by atoms with E-state index in [4.69, 9.17) is 0 Å². The molecular weight excluding hydrogens is 333 g/mol. The molecule has 2 amide bonds. The number of hydrogen-bond donors (Lipinski definition) is 0. The second-order valence-corrected chi connectivity index (χ2v) is 5.11. The molecule has 0 fully saturated rings. The Kier molecular flexibility index (Phi) is 3.43. The summed E-state index contributed by atoms with van der Waals surface area (Å²) >= 11 is 0. The minimum Gasteiger partial charge on any atom is -0.268 e. The summed E-state index contributed by atoms with van der Waals surface area (Å²) in [6, 6.07) is 8.94. The highest BCUT2D eigenvalue weighted by Crippen LogP contribution is 2.44. The summed E-state index contributed by atoms with van der Waals surface area (Å²) in [5, 5.41) is 0. The maximum absolute atomic E-state index is 13.5. The fourth-order valence-corrected chi connectivity index (χ4v) is 2.43. The molecule has 1 heterocycles. The van der Waals surface area contributed by atoms with Gasteiger partial charge in [0.2, 0.25) is 0 Å². The molecule has 0 saturated heterocycles. The minimum atomic E-state index is -5.78. The van der Waals surface area contributed by atoms with E-state index >= 15 is 0 Å². The smallest absolute Gasteiger partial charge is 0.268 e. The number of anilines is 1. The number of fused-ring (bicyclic) bond motifs is 1. The van der Waals surface area contributed by atoms with E-state index in [0.29, 0.717) is 17.0 Å². The Bertz CT molecular complexity index is 809. The second kappa shape index (κ2) is 5.12. The van der Waals surface area contributed by atoms with Gasteiger partial charge in [-0.1, -0.05) is 24.3 Å². The summed E-state index contributed by atoms with van der Waals surface area (Å²) in [4.78, 5) is 25.1. The van der Waals surface area contributed by atoms with Crippen LogP contribution in [0.3, 0.4) is 0 Å². The summed E-state index contributed by atoms with van der Waals surface area (Å²) in [6.07, 6.45) is -5.78. The Labute approximate surface area is 132 Å². The zero-order valence-corrected chi connectivity index (χ0v) is 11.8. The molecule has 2 aromatic carbocycles. The molecule has 0 aromatic heterocycles. The fraction of sp³-hybridized carbons (Fsp3) is 0.125. The van der Waals surface area contributed by atoms with Crippen LogP contribution in [0.15, 0.2) is 48.5 Å². The van der Waals surface area contributed by atoms with Crippen LogP contribution in [0.2, 0.25) is 0 Å². The van der Waals surface area contributed by atoms with Crippen molar-refractivity contribution >= 4 is 17.5 Å². The zero-order chi connectivity index (χ0) is 17.7. The molecule has 0 radical (unpaired) electrons. The number of amides is 2. The molecule has 1 aliphatic rings. The van der Waals surface area contributed by atoms with Crippen LogP contribution in [-0.4, -0.2) is 18.0 Å². The molecule has 124 valence electrons. The lowest BCUT2D eigenvalue weighted by atomic mass is 10.1. The number of imide groups is 1. The predicted octanol–water partition coefficient (Wildman–Crippen LogP) is 4.14. The highest BCUT2D eigenvalue weighted by molar-refractivity contribution is 6.34. The number of halogens is 5. The van der Waals surface area contributed by atoms with Crippen molar-refractivity contribution < 1.29 is 31.5 Å². The van der Waals surface area contributed by atoms with Gasteiger partial charge >= 0.3 is 12.1 Å². The predicted molar refractivity (Wildman–Crippen MR) is 74.0 cm³/mol. The standard InChI is InChI=1S/C16H8F5NO2/c17-15(18,16(19,20)21)9-4-3-5-10(8-9)22-13(23)11-6-1-2-7-12(11)14(22)24/h1-8H. The van der Waals surface area contributed by atoms with E-state index in [2.05, 4.69) is 0 Å².